The number of H-pyrrole nitrogens is 2. The van der Waals surface area contributed by atoms with Gasteiger partial charge in [0, 0.05) is 29.1 Å². The van der Waals surface area contributed by atoms with Crippen LogP contribution >= 0.6 is 11.3 Å². The molecule has 0 aromatic carbocycles. The van der Waals surface area contributed by atoms with Gasteiger partial charge < -0.3 is 9.55 Å². The van der Waals surface area contributed by atoms with E-state index in [1.165, 1.54) is 11.3 Å². The lowest BCUT2D eigenvalue weighted by Crippen LogP contribution is -1.96. The first-order valence-electron chi connectivity index (χ1n) is 10.4. The quantitative estimate of drug-likeness (QED) is 0.360. The number of aromatic nitrogens is 7. The number of carbonyl (C=O) groups excluding carboxylic acids is 1. The highest BCUT2D eigenvalue weighted by molar-refractivity contribution is 7.17. The van der Waals surface area contributed by atoms with E-state index < -0.39 is 0 Å². The van der Waals surface area contributed by atoms with Crippen LogP contribution in [0.5, 0.6) is 0 Å². The van der Waals surface area contributed by atoms with Gasteiger partial charge in [-0.3, -0.25) is 9.89 Å². The number of nitrogens with zero attached hydrogens (tertiary/aromatic N) is 5. The number of aromatic amines is 2. The first-order chi connectivity index (χ1) is 16.0. The molecule has 0 radical (unpaired) electrons. The van der Waals surface area contributed by atoms with Gasteiger partial charge in [-0.1, -0.05) is 0 Å². The van der Waals surface area contributed by atoms with E-state index in [0.717, 1.165) is 66.0 Å². The Balaban J connectivity index is 1.49. The van der Waals surface area contributed by atoms with E-state index in [2.05, 4.69) is 25.1 Å². The van der Waals surface area contributed by atoms with Crippen LogP contribution in [0.4, 0.5) is 0 Å². The highest BCUT2D eigenvalue weighted by Gasteiger charge is 2.17. The summed E-state index contributed by atoms with van der Waals surface area (Å²) < 4.78 is 2.02. The Kier molecular flexibility index (Phi) is 4.27. The van der Waals surface area contributed by atoms with Gasteiger partial charge in [0.25, 0.3) is 0 Å². The van der Waals surface area contributed by atoms with Crippen molar-refractivity contribution in [2.45, 2.75) is 13.8 Å². The first-order valence-corrected chi connectivity index (χ1v) is 11.2. The second-order valence-electron chi connectivity index (χ2n) is 7.94. The van der Waals surface area contributed by atoms with Crippen LogP contribution in [-0.4, -0.2) is 40.5 Å². The molecule has 9 heteroatoms. The minimum atomic E-state index is 0.0693. The van der Waals surface area contributed by atoms with Crippen molar-refractivity contribution < 1.29 is 4.79 Å². The summed E-state index contributed by atoms with van der Waals surface area (Å²) in [4.78, 5) is 30.7. The number of hydrogen-bond acceptors (Lipinski definition) is 6. The van der Waals surface area contributed by atoms with Crippen molar-refractivity contribution >= 4 is 39.2 Å². The monoisotopic (exact) mass is 453 g/mol. The van der Waals surface area contributed by atoms with Gasteiger partial charge in [0.15, 0.2) is 5.78 Å². The lowest BCUT2D eigenvalue weighted by Gasteiger charge is -2.03. The Labute approximate surface area is 192 Å². The summed E-state index contributed by atoms with van der Waals surface area (Å²) in [6.07, 6.45) is 3.60. The molecule has 162 valence electrons. The zero-order valence-electron chi connectivity index (χ0n) is 18.2. The van der Waals surface area contributed by atoms with E-state index in [0.29, 0.717) is 0 Å². The molecule has 0 amide bonds. The predicted octanol–water partition coefficient (Wildman–Crippen LogP) is 5.14. The zero-order chi connectivity index (χ0) is 22.7. The van der Waals surface area contributed by atoms with Gasteiger partial charge in [0.05, 0.1) is 33.7 Å². The maximum absolute atomic E-state index is 11.8. The molecule has 6 aromatic heterocycles. The number of imidazole rings is 1. The molecule has 0 bridgehead atoms. The van der Waals surface area contributed by atoms with Crippen LogP contribution in [0.25, 0.3) is 55.3 Å². The van der Waals surface area contributed by atoms with Crippen LogP contribution in [0, 0.1) is 6.92 Å². The maximum Gasteiger partial charge on any atom is 0.169 e. The molecule has 0 spiro atoms. The van der Waals surface area contributed by atoms with Gasteiger partial charge >= 0.3 is 0 Å². The number of carbonyl (C=O) groups is 1. The number of fused-ring (bicyclic) bond motifs is 2. The van der Waals surface area contributed by atoms with Crippen molar-refractivity contribution in [2.24, 2.45) is 7.05 Å². The van der Waals surface area contributed by atoms with Crippen LogP contribution in [0.2, 0.25) is 0 Å². The largest absolute Gasteiger partial charge is 0.338 e. The van der Waals surface area contributed by atoms with E-state index in [9.17, 15) is 4.79 Å². The number of thiophene rings is 1. The van der Waals surface area contributed by atoms with Gasteiger partial charge in [-0.05, 0) is 50.2 Å². The molecule has 0 saturated carbocycles. The van der Waals surface area contributed by atoms with E-state index in [1.54, 1.807) is 13.1 Å². The average molecular weight is 454 g/mol. The molecular weight excluding hydrogens is 434 g/mol. The molecule has 0 aliphatic rings. The molecule has 0 aliphatic carbocycles. The van der Waals surface area contributed by atoms with Crippen LogP contribution in [0.15, 0.2) is 48.8 Å². The Hall–Kier alpha value is -4.11. The molecule has 0 fully saturated rings. The van der Waals surface area contributed by atoms with E-state index >= 15 is 0 Å². The van der Waals surface area contributed by atoms with Crippen molar-refractivity contribution in [1.82, 2.24) is 34.7 Å². The summed E-state index contributed by atoms with van der Waals surface area (Å²) in [6.45, 7) is 3.55. The molecule has 6 heterocycles. The molecule has 33 heavy (non-hydrogen) atoms. The molecule has 6 aromatic rings. The third kappa shape index (κ3) is 3.08. The Bertz CT molecular complexity index is 1680. The smallest absolute Gasteiger partial charge is 0.169 e. The molecule has 8 nitrogen and oxygen atoms in total. The van der Waals surface area contributed by atoms with E-state index in [1.807, 2.05) is 61.1 Å². The second kappa shape index (κ2) is 7.21. The number of ketones is 1. The highest BCUT2D eigenvalue weighted by atomic mass is 32.1. The normalized spacial score (nSPS) is 11.6. The molecule has 2 N–H and O–H groups in total. The molecule has 0 saturated heterocycles. The first kappa shape index (κ1) is 19.6. The summed E-state index contributed by atoms with van der Waals surface area (Å²) in [5.74, 6) is 0.995. The predicted molar refractivity (Wildman–Crippen MR) is 129 cm³/mol. The van der Waals surface area contributed by atoms with Crippen molar-refractivity contribution in [3.8, 4) is 33.2 Å². The van der Waals surface area contributed by atoms with Crippen LogP contribution < -0.4 is 0 Å². The number of aryl methyl sites for hydroxylation is 1. The van der Waals surface area contributed by atoms with Crippen LogP contribution in [0.3, 0.4) is 0 Å². The second-order valence-corrected chi connectivity index (χ2v) is 9.02. The highest BCUT2D eigenvalue weighted by Crippen LogP contribution is 2.36. The van der Waals surface area contributed by atoms with Gasteiger partial charge in [-0.15, -0.1) is 11.3 Å². The minimum Gasteiger partial charge on any atom is -0.338 e. The fraction of sp³-hybridized carbons (Fsp3) is 0.125. The number of Topliss-reactive ketones (excluding diaryl/α,β-unsaturated/α-hetero) is 1. The third-order valence-corrected chi connectivity index (χ3v) is 7.12. The molecule has 0 aliphatic heterocycles. The summed E-state index contributed by atoms with van der Waals surface area (Å²) in [7, 11) is 1.98. The van der Waals surface area contributed by atoms with Gasteiger partial charge in [-0.2, -0.15) is 5.10 Å². The standard InChI is InChI=1S/C24H19N7OS/c1-12(32)20-6-7-21(33-20)14-8-9-25-24-15(14)10-18(28-24)23-22-17(29-30-23)5-4-16(27-22)19-11-26-13(2)31(19)3/h4-11H,1-3H3,(H,25,28)(H,29,30). The maximum atomic E-state index is 11.8. The lowest BCUT2D eigenvalue weighted by molar-refractivity contribution is 0.102. The third-order valence-electron chi connectivity index (χ3n) is 5.90. The molecule has 0 atom stereocenters. The number of rotatable bonds is 4. The van der Waals surface area contributed by atoms with Crippen LogP contribution in [0.1, 0.15) is 22.4 Å². The SMILES string of the molecule is CC(=O)c1ccc(-c2ccnc3[nH]c(-c4n[nH]c5ccc(-c6cnc(C)n6C)nc45)cc23)s1. The Morgan fingerprint density at radius 3 is 2.76 bits per heavy atom. The lowest BCUT2D eigenvalue weighted by atomic mass is 10.1. The van der Waals surface area contributed by atoms with E-state index in [4.69, 9.17) is 4.98 Å². The summed E-state index contributed by atoms with van der Waals surface area (Å²) in [5, 5.41) is 8.59. The van der Waals surface area contributed by atoms with E-state index in [-0.39, 0.29) is 5.78 Å². The van der Waals surface area contributed by atoms with Crippen molar-refractivity contribution in [1.29, 1.82) is 0 Å². The summed E-state index contributed by atoms with van der Waals surface area (Å²) in [6, 6.07) is 11.8. The number of hydrogen-bond donors (Lipinski definition) is 2. The number of pyridine rings is 2. The zero-order valence-corrected chi connectivity index (χ0v) is 19.0. The van der Waals surface area contributed by atoms with Crippen molar-refractivity contribution in [3.63, 3.8) is 0 Å². The van der Waals surface area contributed by atoms with Crippen molar-refractivity contribution in [3.05, 3.63) is 59.5 Å². The van der Waals surface area contributed by atoms with Gasteiger partial charge in [0.1, 0.15) is 22.7 Å². The summed E-state index contributed by atoms with van der Waals surface area (Å²) in [5.41, 5.74) is 6.74. The van der Waals surface area contributed by atoms with Gasteiger partial charge in [0.2, 0.25) is 0 Å². The fourth-order valence-electron chi connectivity index (χ4n) is 4.01. The van der Waals surface area contributed by atoms with Gasteiger partial charge in [-0.25, -0.2) is 15.0 Å². The average Bonchev–Trinajstić information content (AvgIpc) is 3.59. The minimum absolute atomic E-state index is 0.0693. The Morgan fingerprint density at radius 1 is 1.12 bits per heavy atom. The fourth-order valence-corrected chi connectivity index (χ4v) is 4.95. The van der Waals surface area contributed by atoms with Crippen LogP contribution in [-0.2, 0) is 7.05 Å². The molecular formula is C24H19N7OS. The Morgan fingerprint density at radius 2 is 2.00 bits per heavy atom. The topological polar surface area (TPSA) is 105 Å². The molecule has 6 rings (SSSR count). The number of nitrogens with one attached hydrogen (secondary N) is 2. The summed E-state index contributed by atoms with van der Waals surface area (Å²) >= 11 is 1.49. The molecule has 0 unspecified atom stereocenters. The van der Waals surface area contributed by atoms with Crippen molar-refractivity contribution in [2.75, 3.05) is 0 Å².